The van der Waals surface area contributed by atoms with Crippen LogP contribution in [0.5, 0.6) is 0 Å². The van der Waals surface area contributed by atoms with E-state index in [4.69, 9.17) is 0 Å². The monoisotopic (exact) mass is 240 g/mol. The lowest BCUT2D eigenvalue weighted by Crippen LogP contribution is -2.33. The van der Waals surface area contributed by atoms with E-state index in [-0.39, 0.29) is 0 Å². The van der Waals surface area contributed by atoms with Gasteiger partial charge in [-0.15, -0.1) is 11.3 Å². The standard InChI is InChI=1S/C13H24N2S/c1-4-14-8-6-9-15(3)12(2)11-13-7-5-10-16-13/h5,7,10,12,14H,4,6,8-9,11H2,1-3H3. The van der Waals surface area contributed by atoms with Gasteiger partial charge in [-0.25, -0.2) is 0 Å². The molecule has 0 saturated carbocycles. The van der Waals surface area contributed by atoms with Crippen molar-refractivity contribution in [3.8, 4) is 0 Å². The summed E-state index contributed by atoms with van der Waals surface area (Å²) in [6.07, 6.45) is 2.41. The van der Waals surface area contributed by atoms with Gasteiger partial charge in [0.05, 0.1) is 0 Å². The maximum atomic E-state index is 3.36. The first kappa shape index (κ1) is 13.7. The minimum Gasteiger partial charge on any atom is -0.317 e. The molecule has 1 aromatic rings. The molecule has 1 heterocycles. The van der Waals surface area contributed by atoms with Crippen molar-refractivity contribution in [3.05, 3.63) is 22.4 Å². The van der Waals surface area contributed by atoms with Crippen molar-refractivity contribution in [2.75, 3.05) is 26.7 Å². The van der Waals surface area contributed by atoms with Gasteiger partial charge in [-0.1, -0.05) is 13.0 Å². The zero-order valence-electron chi connectivity index (χ0n) is 10.7. The summed E-state index contributed by atoms with van der Waals surface area (Å²) in [6.45, 7) is 7.86. The van der Waals surface area contributed by atoms with Gasteiger partial charge in [0.1, 0.15) is 0 Å². The second kappa shape index (κ2) is 7.82. The van der Waals surface area contributed by atoms with E-state index in [0.717, 1.165) is 13.1 Å². The number of hydrogen-bond donors (Lipinski definition) is 1. The predicted molar refractivity (Wildman–Crippen MR) is 73.3 cm³/mol. The first-order chi connectivity index (χ1) is 7.74. The predicted octanol–water partition coefficient (Wildman–Crippen LogP) is 2.61. The highest BCUT2D eigenvalue weighted by atomic mass is 32.1. The largest absolute Gasteiger partial charge is 0.317 e. The highest BCUT2D eigenvalue weighted by Gasteiger charge is 2.09. The number of nitrogens with zero attached hydrogens (tertiary/aromatic N) is 1. The molecule has 0 spiro atoms. The molecule has 0 fully saturated rings. The Balaban J connectivity index is 2.17. The Bertz CT molecular complexity index is 259. The summed E-state index contributed by atoms with van der Waals surface area (Å²) in [6, 6.07) is 5.01. The van der Waals surface area contributed by atoms with Crippen LogP contribution in [0.3, 0.4) is 0 Å². The molecule has 0 aliphatic rings. The number of likely N-dealkylation sites (N-methyl/N-ethyl adjacent to an activating group) is 1. The molecular weight excluding hydrogens is 216 g/mol. The summed E-state index contributed by atoms with van der Waals surface area (Å²) in [4.78, 5) is 3.95. The third-order valence-corrected chi connectivity index (χ3v) is 3.84. The fourth-order valence-corrected chi connectivity index (χ4v) is 2.55. The van der Waals surface area contributed by atoms with E-state index in [1.54, 1.807) is 0 Å². The summed E-state index contributed by atoms with van der Waals surface area (Å²) >= 11 is 1.86. The summed E-state index contributed by atoms with van der Waals surface area (Å²) < 4.78 is 0. The molecule has 0 amide bonds. The molecule has 2 nitrogen and oxygen atoms in total. The van der Waals surface area contributed by atoms with Gasteiger partial charge in [0.25, 0.3) is 0 Å². The normalized spacial score (nSPS) is 13.2. The Morgan fingerprint density at radius 2 is 2.31 bits per heavy atom. The molecule has 1 atom stereocenters. The highest BCUT2D eigenvalue weighted by Crippen LogP contribution is 2.13. The van der Waals surface area contributed by atoms with Gasteiger partial charge in [-0.3, -0.25) is 0 Å². The van der Waals surface area contributed by atoms with Crippen molar-refractivity contribution < 1.29 is 0 Å². The zero-order valence-corrected chi connectivity index (χ0v) is 11.5. The lowest BCUT2D eigenvalue weighted by molar-refractivity contribution is 0.253. The number of rotatable bonds is 8. The maximum Gasteiger partial charge on any atom is 0.0112 e. The van der Waals surface area contributed by atoms with Gasteiger partial charge >= 0.3 is 0 Å². The van der Waals surface area contributed by atoms with Crippen molar-refractivity contribution in [3.63, 3.8) is 0 Å². The van der Waals surface area contributed by atoms with Crippen LogP contribution in [0.15, 0.2) is 17.5 Å². The molecule has 0 aliphatic heterocycles. The van der Waals surface area contributed by atoms with E-state index >= 15 is 0 Å². The second-order valence-corrected chi connectivity index (χ2v) is 5.35. The van der Waals surface area contributed by atoms with E-state index < -0.39 is 0 Å². The maximum absolute atomic E-state index is 3.36. The summed E-state index contributed by atoms with van der Waals surface area (Å²) in [7, 11) is 2.23. The van der Waals surface area contributed by atoms with Gasteiger partial charge in [0.15, 0.2) is 0 Å². The van der Waals surface area contributed by atoms with Gasteiger partial charge in [0, 0.05) is 10.9 Å². The molecule has 3 heteroatoms. The van der Waals surface area contributed by atoms with Crippen LogP contribution in [-0.4, -0.2) is 37.6 Å². The minimum absolute atomic E-state index is 0.639. The van der Waals surface area contributed by atoms with Gasteiger partial charge in [-0.2, -0.15) is 0 Å². The van der Waals surface area contributed by atoms with Crippen LogP contribution in [0.4, 0.5) is 0 Å². The van der Waals surface area contributed by atoms with Crippen LogP contribution in [0.1, 0.15) is 25.1 Å². The quantitative estimate of drug-likeness (QED) is 0.703. The van der Waals surface area contributed by atoms with E-state index in [1.807, 2.05) is 11.3 Å². The third-order valence-electron chi connectivity index (χ3n) is 2.94. The van der Waals surface area contributed by atoms with Crippen molar-refractivity contribution >= 4 is 11.3 Å². The first-order valence-corrected chi connectivity index (χ1v) is 7.05. The molecule has 92 valence electrons. The molecule has 0 aliphatic carbocycles. The highest BCUT2D eigenvalue weighted by molar-refractivity contribution is 7.09. The van der Waals surface area contributed by atoms with E-state index in [1.165, 1.54) is 24.3 Å². The SMILES string of the molecule is CCNCCCN(C)C(C)Cc1cccs1. The molecule has 1 rings (SSSR count). The van der Waals surface area contributed by atoms with Crippen molar-refractivity contribution in [2.45, 2.75) is 32.7 Å². The number of nitrogens with one attached hydrogen (secondary N) is 1. The Labute approximate surface area is 104 Å². The fourth-order valence-electron chi connectivity index (χ4n) is 1.73. The van der Waals surface area contributed by atoms with E-state index in [9.17, 15) is 0 Å². The zero-order chi connectivity index (χ0) is 11.8. The molecule has 16 heavy (non-hydrogen) atoms. The van der Waals surface area contributed by atoms with Gasteiger partial charge in [-0.05, 0) is 57.9 Å². The first-order valence-electron chi connectivity index (χ1n) is 6.17. The lowest BCUT2D eigenvalue weighted by Gasteiger charge is -2.24. The summed E-state index contributed by atoms with van der Waals surface area (Å²) in [5.41, 5.74) is 0. The molecule has 0 saturated heterocycles. The van der Waals surface area contributed by atoms with E-state index in [2.05, 4.69) is 48.6 Å². The average molecular weight is 240 g/mol. The van der Waals surface area contributed by atoms with Gasteiger partial charge in [0.2, 0.25) is 0 Å². The summed E-state index contributed by atoms with van der Waals surface area (Å²) in [5, 5.41) is 5.52. The fraction of sp³-hybridized carbons (Fsp3) is 0.692. The van der Waals surface area contributed by atoms with Crippen LogP contribution in [-0.2, 0) is 6.42 Å². The van der Waals surface area contributed by atoms with E-state index in [0.29, 0.717) is 6.04 Å². The van der Waals surface area contributed by atoms with Crippen molar-refractivity contribution in [1.29, 1.82) is 0 Å². The molecule has 0 aromatic carbocycles. The Hall–Kier alpha value is -0.380. The Morgan fingerprint density at radius 3 is 2.94 bits per heavy atom. The topological polar surface area (TPSA) is 15.3 Å². The molecule has 1 unspecified atom stereocenters. The lowest BCUT2D eigenvalue weighted by atomic mass is 10.2. The average Bonchev–Trinajstić information content (AvgIpc) is 2.76. The molecule has 1 N–H and O–H groups in total. The number of hydrogen-bond acceptors (Lipinski definition) is 3. The Morgan fingerprint density at radius 1 is 1.50 bits per heavy atom. The van der Waals surface area contributed by atoms with Crippen LogP contribution in [0.2, 0.25) is 0 Å². The van der Waals surface area contributed by atoms with Crippen LogP contribution in [0, 0.1) is 0 Å². The Kier molecular flexibility index (Phi) is 6.69. The van der Waals surface area contributed by atoms with Crippen LogP contribution < -0.4 is 5.32 Å². The molecular formula is C13H24N2S. The minimum atomic E-state index is 0.639. The van der Waals surface area contributed by atoms with Gasteiger partial charge < -0.3 is 10.2 Å². The number of thiophene rings is 1. The van der Waals surface area contributed by atoms with Crippen molar-refractivity contribution in [1.82, 2.24) is 10.2 Å². The van der Waals surface area contributed by atoms with Crippen molar-refractivity contribution in [2.24, 2.45) is 0 Å². The smallest absolute Gasteiger partial charge is 0.0112 e. The van der Waals surface area contributed by atoms with Crippen LogP contribution in [0.25, 0.3) is 0 Å². The van der Waals surface area contributed by atoms with Crippen LogP contribution >= 0.6 is 11.3 Å². The molecule has 0 radical (unpaired) electrons. The second-order valence-electron chi connectivity index (χ2n) is 4.32. The molecule has 0 bridgehead atoms. The summed E-state index contributed by atoms with van der Waals surface area (Å²) in [5.74, 6) is 0. The molecule has 1 aromatic heterocycles. The third kappa shape index (κ3) is 5.10.